The molecule has 17 heavy (non-hydrogen) atoms. The van der Waals surface area contributed by atoms with Gasteiger partial charge in [-0.05, 0) is 18.4 Å². The van der Waals surface area contributed by atoms with Crippen molar-refractivity contribution < 1.29 is 8.42 Å². The number of hydrogen-bond acceptors (Lipinski definition) is 6. The van der Waals surface area contributed by atoms with Gasteiger partial charge in [-0.25, -0.2) is 18.4 Å². The molecule has 90 valence electrons. The van der Waals surface area contributed by atoms with Crippen LogP contribution in [0.5, 0.6) is 0 Å². The number of nitrogens with zero attached hydrogens (tertiary/aromatic N) is 2. The van der Waals surface area contributed by atoms with E-state index in [0.29, 0.717) is 5.82 Å². The molecule has 0 saturated carbocycles. The topological polar surface area (TPSA) is 85.9 Å². The van der Waals surface area contributed by atoms with E-state index in [1.807, 2.05) is 11.4 Å². The summed E-state index contributed by atoms with van der Waals surface area (Å²) in [7, 11) is -3.47. The summed E-state index contributed by atoms with van der Waals surface area (Å²) in [5.74, 6) is 0.396. The first-order valence-electron chi connectivity index (χ1n) is 4.83. The standard InChI is InChI=1S/C10H11N3O2S2/c1-7-12-5-9(10(11)13-7)17(14,15)6-8-3-2-4-16-8/h2-5H,6H2,1H3,(H2,11,12,13). The first-order chi connectivity index (χ1) is 7.99. The number of hydrogen-bond donors (Lipinski definition) is 1. The van der Waals surface area contributed by atoms with Gasteiger partial charge in [0.1, 0.15) is 16.5 Å². The molecule has 0 saturated heterocycles. The van der Waals surface area contributed by atoms with E-state index in [1.54, 1.807) is 13.0 Å². The lowest BCUT2D eigenvalue weighted by atomic mass is 10.5. The number of nitrogen functional groups attached to an aromatic ring is 1. The fraction of sp³-hybridized carbons (Fsp3) is 0.200. The zero-order chi connectivity index (χ0) is 12.5. The molecule has 2 aromatic heterocycles. The smallest absolute Gasteiger partial charge is 0.188 e. The molecule has 2 rings (SSSR count). The van der Waals surface area contributed by atoms with Crippen LogP contribution in [0, 0.1) is 6.92 Å². The van der Waals surface area contributed by atoms with E-state index in [0.717, 1.165) is 4.88 Å². The van der Waals surface area contributed by atoms with Crippen LogP contribution in [-0.4, -0.2) is 18.4 Å². The Labute approximate surface area is 103 Å². The molecule has 7 heteroatoms. The van der Waals surface area contributed by atoms with Crippen LogP contribution in [-0.2, 0) is 15.6 Å². The van der Waals surface area contributed by atoms with Gasteiger partial charge in [0.15, 0.2) is 9.84 Å². The van der Waals surface area contributed by atoms with Gasteiger partial charge in [0.05, 0.1) is 11.9 Å². The summed E-state index contributed by atoms with van der Waals surface area (Å²) in [4.78, 5) is 8.49. The van der Waals surface area contributed by atoms with Gasteiger partial charge in [-0.3, -0.25) is 0 Å². The van der Waals surface area contributed by atoms with Crippen molar-refractivity contribution in [1.82, 2.24) is 9.97 Å². The Kier molecular flexibility index (Phi) is 3.12. The third-order valence-corrected chi connectivity index (χ3v) is 4.89. The number of nitrogens with two attached hydrogens (primary N) is 1. The van der Waals surface area contributed by atoms with Gasteiger partial charge in [0.25, 0.3) is 0 Å². The van der Waals surface area contributed by atoms with Crippen molar-refractivity contribution in [3.05, 3.63) is 34.4 Å². The molecule has 0 fully saturated rings. The van der Waals surface area contributed by atoms with Gasteiger partial charge < -0.3 is 5.73 Å². The lowest BCUT2D eigenvalue weighted by molar-refractivity contribution is 0.595. The molecule has 0 bridgehead atoms. The Morgan fingerprint density at radius 3 is 2.82 bits per heavy atom. The van der Waals surface area contributed by atoms with Crippen LogP contribution in [0.2, 0.25) is 0 Å². The molecular weight excluding hydrogens is 258 g/mol. The Bertz CT molecular complexity index is 621. The summed E-state index contributed by atoms with van der Waals surface area (Å²) in [5.41, 5.74) is 5.61. The largest absolute Gasteiger partial charge is 0.383 e. The van der Waals surface area contributed by atoms with E-state index in [9.17, 15) is 8.42 Å². The number of thiophene rings is 1. The first kappa shape index (κ1) is 12.0. The maximum absolute atomic E-state index is 12.1. The van der Waals surface area contributed by atoms with Crippen LogP contribution in [0.15, 0.2) is 28.6 Å². The Balaban J connectivity index is 2.38. The number of aryl methyl sites for hydroxylation is 1. The third-order valence-electron chi connectivity index (χ3n) is 2.15. The van der Waals surface area contributed by atoms with E-state index in [4.69, 9.17) is 5.73 Å². The maximum atomic E-state index is 12.1. The third kappa shape index (κ3) is 2.62. The van der Waals surface area contributed by atoms with E-state index >= 15 is 0 Å². The average Bonchev–Trinajstić information content (AvgIpc) is 2.68. The molecule has 2 heterocycles. The molecular formula is C10H11N3O2S2. The average molecular weight is 269 g/mol. The van der Waals surface area contributed by atoms with Gasteiger partial charge in [-0.1, -0.05) is 6.07 Å². The van der Waals surface area contributed by atoms with E-state index in [1.165, 1.54) is 17.5 Å². The fourth-order valence-corrected chi connectivity index (χ4v) is 3.81. The normalized spacial score (nSPS) is 11.6. The van der Waals surface area contributed by atoms with Crippen LogP contribution >= 0.6 is 11.3 Å². The molecule has 0 aliphatic rings. The first-order valence-corrected chi connectivity index (χ1v) is 7.36. The molecule has 5 nitrogen and oxygen atoms in total. The highest BCUT2D eigenvalue weighted by atomic mass is 32.2. The zero-order valence-corrected chi connectivity index (χ0v) is 10.8. The van der Waals surface area contributed by atoms with Crippen molar-refractivity contribution in [3.63, 3.8) is 0 Å². The quantitative estimate of drug-likeness (QED) is 0.910. The summed E-state index contributed by atoms with van der Waals surface area (Å²) >= 11 is 1.39. The van der Waals surface area contributed by atoms with Crippen molar-refractivity contribution >= 4 is 27.0 Å². The molecule has 2 N–H and O–H groups in total. The van der Waals surface area contributed by atoms with Crippen LogP contribution in [0.25, 0.3) is 0 Å². The fourth-order valence-electron chi connectivity index (χ4n) is 1.38. The van der Waals surface area contributed by atoms with E-state index in [2.05, 4.69) is 9.97 Å². The molecule has 0 radical (unpaired) electrons. The van der Waals surface area contributed by atoms with E-state index < -0.39 is 9.84 Å². The molecule has 0 aromatic carbocycles. The van der Waals surface area contributed by atoms with Crippen LogP contribution in [0.3, 0.4) is 0 Å². The van der Waals surface area contributed by atoms with Crippen LogP contribution in [0.1, 0.15) is 10.7 Å². The van der Waals surface area contributed by atoms with Crippen molar-refractivity contribution in [1.29, 1.82) is 0 Å². The molecule has 0 atom stereocenters. The van der Waals surface area contributed by atoms with Gasteiger partial charge >= 0.3 is 0 Å². The second-order valence-electron chi connectivity index (χ2n) is 3.51. The highest BCUT2D eigenvalue weighted by molar-refractivity contribution is 7.91. The number of anilines is 1. The molecule has 0 amide bonds. The van der Waals surface area contributed by atoms with Crippen LogP contribution < -0.4 is 5.73 Å². The Morgan fingerprint density at radius 2 is 2.24 bits per heavy atom. The Hall–Kier alpha value is -1.47. The minimum atomic E-state index is -3.47. The number of sulfone groups is 1. The predicted octanol–water partition coefficient (Wildman–Crippen LogP) is 1.40. The van der Waals surface area contributed by atoms with Gasteiger partial charge in [0, 0.05) is 4.88 Å². The molecule has 2 aromatic rings. The summed E-state index contributed by atoms with van der Waals surface area (Å²) in [5, 5.41) is 1.83. The summed E-state index contributed by atoms with van der Waals surface area (Å²) in [6, 6.07) is 3.58. The zero-order valence-electron chi connectivity index (χ0n) is 9.12. The van der Waals surface area contributed by atoms with Crippen molar-refractivity contribution in [2.45, 2.75) is 17.6 Å². The summed E-state index contributed by atoms with van der Waals surface area (Å²) in [6.45, 7) is 1.66. The van der Waals surface area contributed by atoms with Crippen molar-refractivity contribution in [3.8, 4) is 0 Å². The molecule has 0 spiro atoms. The molecule has 0 unspecified atom stereocenters. The summed E-state index contributed by atoms with van der Waals surface area (Å²) < 4.78 is 24.2. The monoisotopic (exact) mass is 269 g/mol. The highest BCUT2D eigenvalue weighted by Crippen LogP contribution is 2.22. The van der Waals surface area contributed by atoms with Gasteiger partial charge in [-0.15, -0.1) is 11.3 Å². The second kappa shape index (κ2) is 4.42. The van der Waals surface area contributed by atoms with E-state index in [-0.39, 0.29) is 16.5 Å². The molecule has 0 aliphatic heterocycles. The van der Waals surface area contributed by atoms with Crippen LogP contribution in [0.4, 0.5) is 5.82 Å². The predicted molar refractivity (Wildman–Crippen MR) is 66.4 cm³/mol. The van der Waals surface area contributed by atoms with Gasteiger partial charge in [-0.2, -0.15) is 0 Å². The number of aromatic nitrogens is 2. The van der Waals surface area contributed by atoms with Crippen molar-refractivity contribution in [2.24, 2.45) is 0 Å². The summed E-state index contributed by atoms with van der Waals surface area (Å²) in [6.07, 6.45) is 1.26. The molecule has 0 aliphatic carbocycles. The lowest BCUT2D eigenvalue weighted by Crippen LogP contribution is -2.10. The maximum Gasteiger partial charge on any atom is 0.188 e. The Morgan fingerprint density at radius 1 is 1.47 bits per heavy atom. The highest BCUT2D eigenvalue weighted by Gasteiger charge is 2.20. The SMILES string of the molecule is Cc1ncc(S(=O)(=O)Cc2cccs2)c(N)n1. The van der Waals surface area contributed by atoms with Crippen molar-refractivity contribution in [2.75, 3.05) is 5.73 Å². The van der Waals surface area contributed by atoms with Gasteiger partial charge in [0.2, 0.25) is 0 Å². The number of rotatable bonds is 3. The minimum absolute atomic E-state index is 0.00324. The minimum Gasteiger partial charge on any atom is -0.383 e. The second-order valence-corrected chi connectivity index (χ2v) is 6.50. The lowest BCUT2D eigenvalue weighted by Gasteiger charge is -2.05.